The second kappa shape index (κ2) is 4.59. The minimum absolute atomic E-state index is 0.349. The third-order valence-corrected chi connectivity index (χ3v) is 1.95. The quantitative estimate of drug-likeness (QED) is 0.544. The highest BCUT2D eigenvalue weighted by Crippen LogP contribution is 2.16. The van der Waals surface area contributed by atoms with Crippen LogP contribution in [0.25, 0.3) is 0 Å². The molecule has 4 nitrogen and oxygen atoms in total. The van der Waals surface area contributed by atoms with Crippen molar-refractivity contribution in [3.63, 3.8) is 0 Å². The van der Waals surface area contributed by atoms with Gasteiger partial charge in [-0.2, -0.15) is 0 Å². The van der Waals surface area contributed by atoms with Crippen molar-refractivity contribution < 1.29 is 5.11 Å². The molecule has 0 bridgehead atoms. The van der Waals surface area contributed by atoms with Crippen LogP contribution in [0.15, 0.2) is 12.1 Å². The number of nitrogens with zero attached hydrogens (tertiary/aromatic N) is 1. The highest BCUT2D eigenvalue weighted by atomic mass is 35.5. The minimum atomic E-state index is -0.807. The first kappa shape index (κ1) is 11.9. The zero-order valence-electron chi connectivity index (χ0n) is 8.71. The molecule has 1 rings (SSSR count). The first-order chi connectivity index (χ1) is 6.92. The predicted octanol–water partition coefficient (Wildman–Crippen LogP) is 1.92. The van der Waals surface area contributed by atoms with Crippen molar-refractivity contribution in [3.05, 3.63) is 23.0 Å². The Bertz CT molecular complexity index is 360. The van der Waals surface area contributed by atoms with Crippen molar-refractivity contribution in [2.75, 3.05) is 11.9 Å². The summed E-state index contributed by atoms with van der Waals surface area (Å²) in [7, 11) is 0. The second-order valence-electron chi connectivity index (χ2n) is 3.88. The van der Waals surface area contributed by atoms with E-state index in [0.717, 1.165) is 6.21 Å². The fourth-order valence-electron chi connectivity index (χ4n) is 1.02. The van der Waals surface area contributed by atoms with Crippen LogP contribution in [0.5, 0.6) is 0 Å². The summed E-state index contributed by atoms with van der Waals surface area (Å²) in [5.41, 5.74) is 0.349. The van der Waals surface area contributed by atoms with E-state index < -0.39 is 5.60 Å². The molecule has 0 atom stereocenters. The third-order valence-electron chi connectivity index (χ3n) is 1.74. The Kier molecular flexibility index (Phi) is 3.66. The number of nitrogens with one attached hydrogen (secondary N) is 2. The Morgan fingerprint density at radius 3 is 2.80 bits per heavy atom. The lowest BCUT2D eigenvalue weighted by atomic mass is 10.1. The van der Waals surface area contributed by atoms with Crippen molar-refractivity contribution in [3.8, 4) is 0 Å². The summed E-state index contributed by atoms with van der Waals surface area (Å²) < 4.78 is 0. The van der Waals surface area contributed by atoms with Crippen LogP contribution in [-0.4, -0.2) is 28.5 Å². The van der Waals surface area contributed by atoms with E-state index in [-0.39, 0.29) is 0 Å². The molecule has 15 heavy (non-hydrogen) atoms. The lowest BCUT2D eigenvalue weighted by Gasteiger charge is -2.19. The van der Waals surface area contributed by atoms with Gasteiger partial charge < -0.3 is 15.8 Å². The molecular weight excluding hydrogens is 214 g/mol. The lowest BCUT2D eigenvalue weighted by Crippen LogP contribution is -2.29. The maximum atomic E-state index is 9.53. The third kappa shape index (κ3) is 3.85. The van der Waals surface area contributed by atoms with Crippen molar-refractivity contribution in [2.45, 2.75) is 19.4 Å². The van der Waals surface area contributed by atoms with Gasteiger partial charge in [-0.05, 0) is 26.0 Å². The Labute approximate surface area is 93.8 Å². The molecule has 0 saturated carbocycles. The highest BCUT2D eigenvalue weighted by Gasteiger charge is 2.12. The molecule has 0 radical (unpaired) electrons. The molecule has 1 aromatic rings. The molecule has 3 N–H and O–H groups in total. The monoisotopic (exact) mass is 227 g/mol. The topological polar surface area (TPSA) is 69.0 Å². The number of halogens is 1. The molecule has 0 aliphatic rings. The van der Waals surface area contributed by atoms with Crippen LogP contribution in [0, 0.1) is 5.41 Å². The molecule has 1 heterocycles. The smallest absolute Gasteiger partial charge is 0.129 e. The fourth-order valence-corrected chi connectivity index (χ4v) is 1.18. The average Bonchev–Trinajstić information content (AvgIpc) is 2.14. The van der Waals surface area contributed by atoms with Gasteiger partial charge in [0.05, 0.1) is 11.3 Å². The molecule has 0 aliphatic carbocycles. The summed E-state index contributed by atoms with van der Waals surface area (Å²) >= 11 is 5.69. The van der Waals surface area contributed by atoms with Gasteiger partial charge in [-0.15, -0.1) is 0 Å². The number of aromatic nitrogens is 1. The number of hydrogen-bond donors (Lipinski definition) is 3. The van der Waals surface area contributed by atoms with E-state index in [1.54, 1.807) is 26.0 Å². The summed E-state index contributed by atoms with van der Waals surface area (Å²) in [6, 6.07) is 3.38. The van der Waals surface area contributed by atoms with Crippen LogP contribution < -0.4 is 5.32 Å². The van der Waals surface area contributed by atoms with Gasteiger partial charge in [-0.3, -0.25) is 0 Å². The van der Waals surface area contributed by atoms with Crippen LogP contribution in [0.4, 0.5) is 5.69 Å². The molecule has 0 fully saturated rings. The van der Waals surface area contributed by atoms with Crippen LogP contribution in [0.3, 0.4) is 0 Å². The van der Waals surface area contributed by atoms with Crippen LogP contribution in [0.2, 0.25) is 5.15 Å². The summed E-state index contributed by atoms with van der Waals surface area (Å²) in [6.07, 6.45) is 1.12. The van der Waals surface area contributed by atoms with Gasteiger partial charge in [-0.25, -0.2) is 4.98 Å². The van der Waals surface area contributed by atoms with E-state index in [0.29, 0.717) is 23.1 Å². The minimum Gasteiger partial charge on any atom is -0.389 e. The van der Waals surface area contributed by atoms with Crippen LogP contribution >= 0.6 is 11.6 Å². The molecule has 0 amide bonds. The molecule has 0 aliphatic heterocycles. The SMILES string of the molecule is CC(C)(O)CNc1ccc(Cl)nc1C=N. The predicted molar refractivity (Wildman–Crippen MR) is 61.9 cm³/mol. The van der Waals surface area contributed by atoms with Crippen LogP contribution in [-0.2, 0) is 0 Å². The molecular formula is C10H14ClN3O. The van der Waals surface area contributed by atoms with Crippen LogP contribution in [0.1, 0.15) is 19.5 Å². The Morgan fingerprint density at radius 1 is 1.60 bits per heavy atom. The van der Waals surface area contributed by atoms with Crippen molar-refractivity contribution >= 4 is 23.5 Å². The highest BCUT2D eigenvalue weighted by molar-refractivity contribution is 6.29. The maximum absolute atomic E-state index is 9.53. The molecule has 1 aromatic heterocycles. The molecule has 82 valence electrons. The summed E-state index contributed by atoms with van der Waals surface area (Å²) in [5, 5.41) is 20.1. The van der Waals surface area contributed by atoms with Crippen molar-refractivity contribution in [2.24, 2.45) is 0 Å². The fraction of sp³-hybridized carbons (Fsp3) is 0.400. The normalized spacial score (nSPS) is 11.2. The average molecular weight is 228 g/mol. The largest absolute Gasteiger partial charge is 0.389 e. The number of rotatable bonds is 4. The summed E-state index contributed by atoms with van der Waals surface area (Å²) in [6.45, 7) is 3.79. The number of aliphatic hydroxyl groups is 1. The van der Waals surface area contributed by atoms with E-state index in [1.165, 1.54) is 0 Å². The zero-order chi connectivity index (χ0) is 11.5. The van der Waals surface area contributed by atoms with Crippen molar-refractivity contribution in [1.29, 1.82) is 5.41 Å². The van der Waals surface area contributed by atoms with E-state index in [2.05, 4.69) is 10.3 Å². The first-order valence-corrected chi connectivity index (χ1v) is 4.93. The summed E-state index contributed by atoms with van der Waals surface area (Å²) in [5.74, 6) is 0. The second-order valence-corrected chi connectivity index (χ2v) is 4.26. The Balaban J connectivity index is 2.81. The Hall–Kier alpha value is -1.13. The van der Waals surface area contributed by atoms with Gasteiger partial charge >= 0.3 is 0 Å². The summed E-state index contributed by atoms with van der Waals surface area (Å²) in [4.78, 5) is 3.97. The van der Waals surface area contributed by atoms with Crippen molar-refractivity contribution in [1.82, 2.24) is 4.98 Å². The van der Waals surface area contributed by atoms with E-state index in [9.17, 15) is 5.11 Å². The molecule has 0 aromatic carbocycles. The van der Waals surface area contributed by atoms with Gasteiger partial charge in [0.25, 0.3) is 0 Å². The van der Waals surface area contributed by atoms with Gasteiger partial charge in [0.1, 0.15) is 10.8 Å². The standard InChI is InChI=1S/C10H14ClN3O/c1-10(2,15)6-13-7-3-4-9(11)14-8(7)5-12/h3-5,12-13,15H,6H2,1-2H3. The number of hydrogen-bond acceptors (Lipinski definition) is 4. The first-order valence-electron chi connectivity index (χ1n) is 4.55. The zero-order valence-corrected chi connectivity index (χ0v) is 9.47. The van der Waals surface area contributed by atoms with Gasteiger partial charge in [-0.1, -0.05) is 11.6 Å². The van der Waals surface area contributed by atoms with Gasteiger partial charge in [0.2, 0.25) is 0 Å². The Morgan fingerprint density at radius 2 is 2.27 bits per heavy atom. The number of anilines is 1. The van der Waals surface area contributed by atoms with Gasteiger partial charge in [0.15, 0.2) is 0 Å². The maximum Gasteiger partial charge on any atom is 0.129 e. The van der Waals surface area contributed by atoms with E-state index in [1.807, 2.05) is 0 Å². The van der Waals surface area contributed by atoms with E-state index >= 15 is 0 Å². The molecule has 0 unspecified atom stereocenters. The molecule has 0 saturated heterocycles. The number of pyridine rings is 1. The molecule has 5 heteroatoms. The molecule has 0 spiro atoms. The van der Waals surface area contributed by atoms with E-state index in [4.69, 9.17) is 17.0 Å². The van der Waals surface area contributed by atoms with Gasteiger partial charge in [0, 0.05) is 12.8 Å². The lowest BCUT2D eigenvalue weighted by molar-refractivity contribution is 0.0945.